The molecule has 2 heterocycles. The van der Waals surface area contributed by atoms with Gasteiger partial charge in [-0.3, -0.25) is 4.79 Å². The van der Waals surface area contributed by atoms with Crippen LogP contribution in [0.1, 0.15) is 34.5 Å². The molecule has 3 rings (SSSR count). The number of hydrogen-bond donors (Lipinski definition) is 1. The highest BCUT2D eigenvalue weighted by Crippen LogP contribution is 2.30. The number of amides is 1. The molecule has 1 aliphatic rings. The van der Waals surface area contributed by atoms with Gasteiger partial charge in [-0.1, -0.05) is 18.2 Å². The molecule has 1 saturated heterocycles. The highest BCUT2D eigenvalue weighted by atomic mass is 16.3. The van der Waals surface area contributed by atoms with Crippen molar-refractivity contribution < 1.29 is 9.90 Å². The van der Waals surface area contributed by atoms with Crippen LogP contribution in [0, 0.1) is 13.8 Å². The Hall–Kier alpha value is -1.85. The van der Waals surface area contributed by atoms with Gasteiger partial charge in [0.05, 0.1) is 17.7 Å². The van der Waals surface area contributed by atoms with Gasteiger partial charge in [-0.15, -0.1) is 0 Å². The predicted octanol–water partition coefficient (Wildman–Crippen LogP) is 2.32. The van der Waals surface area contributed by atoms with E-state index in [4.69, 9.17) is 0 Å². The summed E-state index contributed by atoms with van der Waals surface area (Å²) >= 11 is 0. The minimum Gasteiger partial charge on any atom is -0.387 e. The fourth-order valence-electron chi connectivity index (χ4n) is 4.35. The molecule has 5 nitrogen and oxygen atoms in total. The number of aromatic nitrogens is 1. The third-order valence-corrected chi connectivity index (χ3v) is 5.32. The number of para-hydroxylation sites is 1. The first-order chi connectivity index (χ1) is 11.7. The second-order valence-electron chi connectivity index (χ2n) is 7.80. The van der Waals surface area contributed by atoms with E-state index in [9.17, 15) is 9.90 Å². The number of nitrogens with zero attached hydrogens (tertiary/aromatic N) is 3. The van der Waals surface area contributed by atoms with Crippen molar-refractivity contribution in [2.45, 2.75) is 32.3 Å². The molecule has 0 saturated carbocycles. The standard InChI is InChI=1S/C20H29N3O2/c1-14-8-6-9-16-15(2)18(22(5)17(14)16)19(24)23-11-7-10-20(25,13-23)12-21(3)4/h6,8-9,25H,7,10-13H2,1-5H3/t20-/m1/s1. The average molecular weight is 343 g/mol. The van der Waals surface area contributed by atoms with E-state index in [1.165, 1.54) is 5.56 Å². The molecule has 1 N–H and O–H groups in total. The van der Waals surface area contributed by atoms with Crippen LogP contribution in [0.5, 0.6) is 0 Å². The second kappa shape index (κ2) is 6.46. The van der Waals surface area contributed by atoms with E-state index >= 15 is 0 Å². The number of likely N-dealkylation sites (N-methyl/N-ethyl adjacent to an activating group) is 1. The molecule has 1 atom stereocenters. The largest absolute Gasteiger partial charge is 0.387 e. The van der Waals surface area contributed by atoms with Gasteiger partial charge in [-0.25, -0.2) is 0 Å². The third kappa shape index (κ3) is 3.18. The summed E-state index contributed by atoms with van der Waals surface area (Å²) in [6.45, 7) is 5.76. The van der Waals surface area contributed by atoms with E-state index in [1.807, 2.05) is 48.5 Å². The number of β-amino-alcohol motifs (C(OH)–C–C–N with tert-alkyl or cyclic N) is 1. The molecule has 0 bridgehead atoms. The number of rotatable bonds is 3. The molecule has 0 radical (unpaired) electrons. The highest BCUT2D eigenvalue weighted by molar-refractivity contribution is 6.02. The molecule has 25 heavy (non-hydrogen) atoms. The molecule has 1 aliphatic heterocycles. The number of carbonyl (C=O) groups is 1. The van der Waals surface area contributed by atoms with Crippen molar-refractivity contribution in [2.75, 3.05) is 33.7 Å². The minimum absolute atomic E-state index is 0.0208. The quantitative estimate of drug-likeness (QED) is 0.930. The number of likely N-dealkylation sites (tertiary alicyclic amines) is 1. The fourth-order valence-corrected chi connectivity index (χ4v) is 4.35. The maximum absolute atomic E-state index is 13.3. The lowest BCUT2D eigenvalue weighted by molar-refractivity contribution is -0.0393. The summed E-state index contributed by atoms with van der Waals surface area (Å²) in [7, 11) is 5.87. The smallest absolute Gasteiger partial charge is 0.270 e. The Kier molecular flexibility index (Phi) is 4.64. The number of hydrogen-bond acceptors (Lipinski definition) is 3. The van der Waals surface area contributed by atoms with Crippen LogP contribution < -0.4 is 0 Å². The zero-order chi connectivity index (χ0) is 18.4. The van der Waals surface area contributed by atoms with Crippen LogP contribution >= 0.6 is 0 Å². The van der Waals surface area contributed by atoms with E-state index in [0.29, 0.717) is 19.6 Å². The number of aryl methyl sites for hydroxylation is 3. The monoisotopic (exact) mass is 343 g/mol. The lowest BCUT2D eigenvalue weighted by Crippen LogP contribution is -2.54. The molecule has 0 spiro atoms. The normalized spacial score (nSPS) is 21.3. The van der Waals surface area contributed by atoms with Crippen LogP contribution in [0.4, 0.5) is 0 Å². The van der Waals surface area contributed by atoms with Crippen molar-refractivity contribution >= 4 is 16.8 Å². The minimum atomic E-state index is -0.828. The first kappa shape index (κ1) is 18.0. The lowest BCUT2D eigenvalue weighted by Gasteiger charge is -2.40. The van der Waals surface area contributed by atoms with Crippen LogP contribution in [0.3, 0.4) is 0 Å². The maximum atomic E-state index is 13.3. The summed E-state index contributed by atoms with van der Waals surface area (Å²) in [4.78, 5) is 17.1. The van der Waals surface area contributed by atoms with Gasteiger partial charge >= 0.3 is 0 Å². The lowest BCUT2D eigenvalue weighted by atomic mass is 9.92. The van der Waals surface area contributed by atoms with E-state index in [0.717, 1.165) is 35.0 Å². The molecule has 1 amide bonds. The Morgan fingerprint density at radius 2 is 2.04 bits per heavy atom. The highest BCUT2D eigenvalue weighted by Gasteiger charge is 2.37. The van der Waals surface area contributed by atoms with Gasteiger partial charge in [0.2, 0.25) is 0 Å². The van der Waals surface area contributed by atoms with Gasteiger partial charge in [0.1, 0.15) is 5.69 Å². The van der Waals surface area contributed by atoms with E-state index in [-0.39, 0.29) is 5.91 Å². The SMILES string of the molecule is Cc1c(C(=O)N2CCC[C@@](O)(CN(C)C)C2)n(C)c2c(C)cccc12. The third-order valence-electron chi connectivity index (χ3n) is 5.32. The van der Waals surface area contributed by atoms with E-state index in [1.54, 1.807) is 0 Å². The van der Waals surface area contributed by atoms with Gasteiger partial charge in [0.15, 0.2) is 0 Å². The number of piperidine rings is 1. The van der Waals surface area contributed by atoms with Crippen molar-refractivity contribution in [2.24, 2.45) is 7.05 Å². The summed E-state index contributed by atoms with van der Waals surface area (Å²) in [5, 5.41) is 12.0. The fraction of sp³-hybridized carbons (Fsp3) is 0.550. The Labute approximate surface area is 149 Å². The average Bonchev–Trinajstić information content (AvgIpc) is 2.78. The van der Waals surface area contributed by atoms with Gasteiger partial charge in [-0.05, 0) is 51.9 Å². The van der Waals surface area contributed by atoms with Gasteiger partial charge in [-0.2, -0.15) is 0 Å². The zero-order valence-electron chi connectivity index (χ0n) is 16.0. The summed E-state index contributed by atoms with van der Waals surface area (Å²) in [6, 6.07) is 6.19. The van der Waals surface area contributed by atoms with Crippen LogP contribution in [-0.4, -0.2) is 64.7 Å². The maximum Gasteiger partial charge on any atom is 0.270 e. The number of aliphatic hydroxyl groups is 1. The van der Waals surface area contributed by atoms with Crippen LogP contribution in [-0.2, 0) is 7.05 Å². The summed E-state index contributed by atoms with van der Waals surface area (Å²) in [6.07, 6.45) is 1.57. The van der Waals surface area contributed by atoms with Crippen molar-refractivity contribution in [1.29, 1.82) is 0 Å². The number of benzene rings is 1. The van der Waals surface area contributed by atoms with Crippen LogP contribution in [0.2, 0.25) is 0 Å². The van der Waals surface area contributed by atoms with Crippen LogP contribution in [0.15, 0.2) is 18.2 Å². The van der Waals surface area contributed by atoms with Crippen molar-refractivity contribution in [3.05, 3.63) is 35.0 Å². The molecular formula is C20H29N3O2. The molecular weight excluding hydrogens is 314 g/mol. The first-order valence-corrected chi connectivity index (χ1v) is 8.94. The zero-order valence-corrected chi connectivity index (χ0v) is 16.0. The van der Waals surface area contributed by atoms with E-state index < -0.39 is 5.60 Å². The number of fused-ring (bicyclic) bond motifs is 1. The van der Waals surface area contributed by atoms with Crippen LogP contribution in [0.25, 0.3) is 10.9 Å². The Morgan fingerprint density at radius 1 is 1.32 bits per heavy atom. The molecule has 136 valence electrons. The molecule has 1 aromatic heterocycles. The Morgan fingerprint density at radius 3 is 2.68 bits per heavy atom. The van der Waals surface area contributed by atoms with Crippen molar-refractivity contribution in [3.63, 3.8) is 0 Å². The molecule has 5 heteroatoms. The summed E-state index contributed by atoms with van der Waals surface area (Å²) < 4.78 is 2.02. The Balaban J connectivity index is 1.96. The van der Waals surface area contributed by atoms with E-state index in [2.05, 4.69) is 19.1 Å². The molecule has 2 aromatic rings. The topological polar surface area (TPSA) is 48.7 Å². The summed E-state index contributed by atoms with van der Waals surface area (Å²) in [5.74, 6) is 0.0208. The van der Waals surface area contributed by atoms with Crippen molar-refractivity contribution in [1.82, 2.24) is 14.4 Å². The second-order valence-corrected chi connectivity index (χ2v) is 7.80. The number of carbonyl (C=O) groups excluding carboxylic acids is 1. The molecule has 0 unspecified atom stereocenters. The molecule has 0 aliphatic carbocycles. The van der Waals surface area contributed by atoms with Gasteiger partial charge in [0, 0.05) is 25.5 Å². The predicted molar refractivity (Wildman–Crippen MR) is 101 cm³/mol. The van der Waals surface area contributed by atoms with Gasteiger partial charge < -0.3 is 19.5 Å². The molecule has 1 aromatic carbocycles. The summed E-state index contributed by atoms with van der Waals surface area (Å²) in [5.41, 5.74) is 3.21. The molecule has 1 fully saturated rings. The van der Waals surface area contributed by atoms with Crippen molar-refractivity contribution in [3.8, 4) is 0 Å². The van der Waals surface area contributed by atoms with Gasteiger partial charge in [0.25, 0.3) is 5.91 Å². The first-order valence-electron chi connectivity index (χ1n) is 8.94. The Bertz CT molecular complexity index is 809.